The Morgan fingerprint density at radius 3 is 2.56 bits per heavy atom. The van der Waals surface area contributed by atoms with Crippen molar-refractivity contribution in [1.82, 2.24) is 4.98 Å². The van der Waals surface area contributed by atoms with Crippen molar-refractivity contribution >= 4 is 24.2 Å². The van der Waals surface area contributed by atoms with E-state index >= 15 is 0 Å². The van der Waals surface area contributed by atoms with Crippen LogP contribution >= 0.6 is 12.4 Å². The van der Waals surface area contributed by atoms with Gasteiger partial charge in [0.2, 0.25) is 0 Å². The molecule has 5 nitrogen and oxygen atoms in total. The number of pyridine rings is 1. The maximum Gasteiger partial charge on any atom is 0.320 e. The van der Waals surface area contributed by atoms with Crippen LogP contribution < -0.4 is 10.6 Å². The molecule has 16 heavy (non-hydrogen) atoms. The first kappa shape index (κ1) is 14.7. The second kappa shape index (κ2) is 6.30. The van der Waals surface area contributed by atoms with Crippen LogP contribution in [-0.2, 0) is 11.2 Å². The SMILES string of the molecule is CN(C)c1ccc(CC(N)C(=O)O)cn1.Cl. The van der Waals surface area contributed by atoms with Gasteiger partial charge >= 0.3 is 5.97 Å². The standard InChI is InChI=1S/C10H15N3O2.ClH/c1-13(2)9-4-3-7(6-12-9)5-8(11)10(14)15;/h3-4,6,8H,5,11H2,1-2H3,(H,14,15);1H. The van der Waals surface area contributed by atoms with Gasteiger partial charge in [0, 0.05) is 20.3 Å². The van der Waals surface area contributed by atoms with E-state index in [4.69, 9.17) is 10.8 Å². The van der Waals surface area contributed by atoms with Crippen LogP contribution in [0.15, 0.2) is 18.3 Å². The quantitative estimate of drug-likeness (QED) is 0.809. The molecule has 0 aliphatic rings. The monoisotopic (exact) mass is 245 g/mol. The summed E-state index contributed by atoms with van der Waals surface area (Å²) in [7, 11) is 3.79. The lowest BCUT2D eigenvalue weighted by Crippen LogP contribution is -2.32. The van der Waals surface area contributed by atoms with Crippen LogP contribution in [0.25, 0.3) is 0 Å². The fourth-order valence-corrected chi connectivity index (χ4v) is 1.14. The van der Waals surface area contributed by atoms with Crippen LogP contribution in [0.1, 0.15) is 5.56 Å². The van der Waals surface area contributed by atoms with Crippen LogP contribution in [0.5, 0.6) is 0 Å². The number of hydrogen-bond donors (Lipinski definition) is 2. The second-order valence-corrected chi connectivity index (χ2v) is 3.57. The molecule has 6 heteroatoms. The van der Waals surface area contributed by atoms with Gasteiger partial charge in [0.25, 0.3) is 0 Å². The summed E-state index contributed by atoms with van der Waals surface area (Å²) in [5.74, 6) is -0.158. The van der Waals surface area contributed by atoms with E-state index in [1.807, 2.05) is 31.1 Å². The highest BCUT2D eigenvalue weighted by molar-refractivity contribution is 5.85. The van der Waals surface area contributed by atoms with Crippen molar-refractivity contribution in [2.45, 2.75) is 12.5 Å². The van der Waals surface area contributed by atoms with Crippen molar-refractivity contribution in [3.05, 3.63) is 23.9 Å². The van der Waals surface area contributed by atoms with E-state index in [0.29, 0.717) is 6.42 Å². The third-order valence-electron chi connectivity index (χ3n) is 2.04. The molecule has 0 aromatic carbocycles. The van der Waals surface area contributed by atoms with Crippen molar-refractivity contribution in [2.24, 2.45) is 5.73 Å². The molecular formula is C10H16ClN3O2. The summed E-state index contributed by atoms with van der Waals surface area (Å²) < 4.78 is 0. The molecule has 0 aliphatic heterocycles. The Labute approximate surface area is 101 Å². The second-order valence-electron chi connectivity index (χ2n) is 3.57. The summed E-state index contributed by atoms with van der Waals surface area (Å²) in [5, 5.41) is 8.63. The van der Waals surface area contributed by atoms with Gasteiger partial charge in [-0.15, -0.1) is 12.4 Å². The number of carbonyl (C=O) groups is 1. The third kappa shape index (κ3) is 4.04. The molecule has 1 rings (SSSR count). The van der Waals surface area contributed by atoms with E-state index in [1.165, 1.54) is 0 Å². The first-order valence-electron chi connectivity index (χ1n) is 4.61. The summed E-state index contributed by atoms with van der Waals surface area (Å²) in [4.78, 5) is 16.6. The molecule has 90 valence electrons. The molecule has 1 aromatic rings. The average Bonchev–Trinajstić information content (AvgIpc) is 2.18. The number of hydrogen-bond acceptors (Lipinski definition) is 4. The lowest BCUT2D eigenvalue weighted by atomic mass is 10.1. The number of carboxylic acid groups (broad SMARTS) is 1. The Hall–Kier alpha value is -1.33. The van der Waals surface area contributed by atoms with E-state index in [-0.39, 0.29) is 12.4 Å². The molecule has 0 fully saturated rings. The normalized spacial score (nSPS) is 11.4. The van der Waals surface area contributed by atoms with Crippen molar-refractivity contribution < 1.29 is 9.90 Å². The van der Waals surface area contributed by atoms with Gasteiger partial charge < -0.3 is 15.7 Å². The highest BCUT2D eigenvalue weighted by atomic mass is 35.5. The molecule has 0 bridgehead atoms. The number of nitrogens with two attached hydrogens (primary N) is 1. The first-order chi connectivity index (χ1) is 7.00. The van der Waals surface area contributed by atoms with Crippen LogP contribution in [0.3, 0.4) is 0 Å². The zero-order valence-corrected chi connectivity index (χ0v) is 10.1. The molecular weight excluding hydrogens is 230 g/mol. The van der Waals surface area contributed by atoms with Gasteiger partial charge in [0.15, 0.2) is 0 Å². The van der Waals surface area contributed by atoms with E-state index < -0.39 is 12.0 Å². The molecule has 0 amide bonds. The molecule has 3 N–H and O–H groups in total. The number of aliphatic carboxylic acids is 1. The number of rotatable bonds is 4. The maximum atomic E-state index is 10.5. The fraction of sp³-hybridized carbons (Fsp3) is 0.400. The molecule has 0 aliphatic carbocycles. The number of nitrogens with zero attached hydrogens (tertiary/aromatic N) is 2. The van der Waals surface area contributed by atoms with E-state index in [9.17, 15) is 4.79 Å². The van der Waals surface area contributed by atoms with Gasteiger partial charge in [-0.05, 0) is 18.1 Å². The predicted molar refractivity (Wildman–Crippen MR) is 65.1 cm³/mol. The summed E-state index contributed by atoms with van der Waals surface area (Å²) in [6.07, 6.45) is 1.95. The maximum absolute atomic E-state index is 10.5. The Balaban J connectivity index is 0.00000225. The topological polar surface area (TPSA) is 79.5 Å². The Morgan fingerprint density at radius 2 is 2.19 bits per heavy atom. The van der Waals surface area contributed by atoms with Crippen molar-refractivity contribution in [1.29, 1.82) is 0 Å². The summed E-state index contributed by atoms with van der Waals surface area (Å²) >= 11 is 0. The van der Waals surface area contributed by atoms with Crippen LogP contribution in [0.4, 0.5) is 5.82 Å². The van der Waals surface area contributed by atoms with Crippen LogP contribution in [0.2, 0.25) is 0 Å². The molecule has 0 radical (unpaired) electrons. The minimum Gasteiger partial charge on any atom is -0.480 e. The van der Waals surface area contributed by atoms with Crippen molar-refractivity contribution in [3.8, 4) is 0 Å². The summed E-state index contributed by atoms with van der Waals surface area (Å²) in [5.41, 5.74) is 6.24. The zero-order chi connectivity index (χ0) is 11.4. The Kier molecular flexibility index (Phi) is 5.77. The largest absolute Gasteiger partial charge is 0.480 e. The van der Waals surface area contributed by atoms with E-state index in [2.05, 4.69) is 4.98 Å². The van der Waals surface area contributed by atoms with Crippen LogP contribution in [0, 0.1) is 0 Å². The molecule has 0 saturated heterocycles. The third-order valence-corrected chi connectivity index (χ3v) is 2.04. The average molecular weight is 246 g/mol. The molecule has 1 aromatic heterocycles. The van der Waals surface area contributed by atoms with Gasteiger partial charge in [-0.3, -0.25) is 4.79 Å². The fourth-order valence-electron chi connectivity index (χ4n) is 1.14. The van der Waals surface area contributed by atoms with Gasteiger partial charge in [-0.25, -0.2) is 4.98 Å². The number of aromatic nitrogens is 1. The van der Waals surface area contributed by atoms with E-state index in [0.717, 1.165) is 11.4 Å². The lowest BCUT2D eigenvalue weighted by Gasteiger charge is -2.11. The van der Waals surface area contributed by atoms with Gasteiger partial charge in [0.05, 0.1) is 0 Å². The van der Waals surface area contributed by atoms with E-state index in [1.54, 1.807) is 6.20 Å². The number of carboxylic acids is 1. The highest BCUT2D eigenvalue weighted by Crippen LogP contribution is 2.08. The van der Waals surface area contributed by atoms with Crippen molar-refractivity contribution in [3.63, 3.8) is 0 Å². The first-order valence-corrected chi connectivity index (χ1v) is 4.61. The lowest BCUT2D eigenvalue weighted by molar-refractivity contribution is -0.138. The number of halogens is 1. The van der Waals surface area contributed by atoms with Gasteiger partial charge in [0.1, 0.15) is 11.9 Å². The Morgan fingerprint density at radius 1 is 1.56 bits per heavy atom. The zero-order valence-electron chi connectivity index (χ0n) is 9.25. The molecule has 1 atom stereocenters. The molecule has 0 spiro atoms. The van der Waals surface area contributed by atoms with Gasteiger partial charge in [-0.1, -0.05) is 6.07 Å². The van der Waals surface area contributed by atoms with Crippen LogP contribution in [-0.4, -0.2) is 36.2 Å². The summed E-state index contributed by atoms with van der Waals surface area (Å²) in [6.45, 7) is 0. The highest BCUT2D eigenvalue weighted by Gasteiger charge is 2.12. The minimum atomic E-state index is -0.994. The summed E-state index contributed by atoms with van der Waals surface area (Å²) in [6, 6.07) is 2.81. The number of anilines is 1. The predicted octanol–water partition coefficient (Wildman–Crippen LogP) is 0.524. The van der Waals surface area contributed by atoms with Gasteiger partial charge in [-0.2, -0.15) is 0 Å². The molecule has 0 saturated carbocycles. The minimum absolute atomic E-state index is 0. The Bertz CT molecular complexity index is 340. The molecule has 1 heterocycles. The smallest absolute Gasteiger partial charge is 0.320 e. The van der Waals surface area contributed by atoms with Crippen molar-refractivity contribution in [2.75, 3.05) is 19.0 Å². The molecule has 1 unspecified atom stereocenters.